The molecule has 0 radical (unpaired) electrons. The molecule has 0 aromatic carbocycles. The normalized spacial score (nSPS) is 9.92. The van der Waals surface area contributed by atoms with Crippen LogP contribution in [0.1, 0.15) is 12.8 Å². The maximum atomic E-state index is 10.2. The van der Waals surface area contributed by atoms with E-state index in [1.165, 1.54) is 0 Å². The number of aromatic nitrogens is 1. The molecular weight excluding hydrogens is 188 g/mol. The number of thiazole rings is 1. The highest BCUT2D eigenvalue weighted by atomic mass is 32.1. The lowest BCUT2D eigenvalue weighted by atomic mass is 10.3. The van der Waals surface area contributed by atoms with Crippen molar-refractivity contribution in [1.29, 1.82) is 0 Å². The zero-order chi connectivity index (χ0) is 9.68. The molecule has 1 aromatic rings. The molecule has 1 N–H and O–H groups in total. The lowest BCUT2D eigenvalue weighted by Gasteiger charge is -2.14. The molecule has 4 nitrogen and oxygen atoms in total. The molecule has 5 heteroatoms. The third-order valence-electron chi connectivity index (χ3n) is 1.63. The Bertz CT molecular complexity index is 261. The van der Waals surface area contributed by atoms with Gasteiger partial charge in [-0.05, 0) is 6.42 Å². The largest absolute Gasteiger partial charge is 0.481 e. The maximum Gasteiger partial charge on any atom is 0.303 e. The van der Waals surface area contributed by atoms with E-state index in [1.807, 2.05) is 17.3 Å². The second-order valence-corrected chi connectivity index (χ2v) is 3.61. The Balaban J connectivity index is 2.26. The number of carboxylic acids is 1. The third kappa shape index (κ3) is 3.42. The van der Waals surface area contributed by atoms with Crippen LogP contribution in [0.15, 0.2) is 11.6 Å². The van der Waals surface area contributed by atoms with E-state index < -0.39 is 5.97 Å². The van der Waals surface area contributed by atoms with E-state index in [0.29, 0.717) is 6.42 Å². The van der Waals surface area contributed by atoms with Crippen molar-refractivity contribution in [3.63, 3.8) is 0 Å². The summed E-state index contributed by atoms with van der Waals surface area (Å²) in [5, 5.41) is 11.3. The average Bonchev–Trinajstić information content (AvgIpc) is 2.55. The molecule has 0 saturated heterocycles. The minimum Gasteiger partial charge on any atom is -0.481 e. The summed E-state index contributed by atoms with van der Waals surface area (Å²) in [7, 11) is 1.92. The average molecular weight is 200 g/mol. The second-order valence-electron chi connectivity index (χ2n) is 2.73. The van der Waals surface area contributed by atoms with Crippen LogP contribution in [0.5, 0.6) is 0 Å². The number of rotatable bonds is 5. The molecular formula is C8H12N2O2S. The highest BCUT2D eigenvalue weighted by Crippen LogP contribution is 2.15. The Hall–Kier alpha value is -1.10. The van der Waals surface area contributed by atoms with Crippen molar-refractivity contribution in [3.05, 3.63) is 11.6 Å². The molecule has 1 heterocycles. The number of aliphatic carboxylic acids is 1. The van der Waals surface area contributed by atoms with Crippen molar-refractivity contribution >= 4 is 22.4 Å². The standard InChI is InChI=1S/C8H12N2O2S/c1-10(5-2-3-7(11)12)8-9-4-6-13-8/h4,6H,2-3,5H2,1H3,(H,11,12). The van der Waals surface area contributed by atoms with Gasteiger partial charge in [0.15, 0.2) is 5.13 Å². The van der Waals surface area contributed by atoms with Gasteiger partial charge in [0.25, 0.3) is 0 Å². The van der Waals surface area contributed by atoms with Crippen molar-refractivity contribution in [1.82, 2.24) is 4.98 Å². The van der Waals surface area contributed by atoms with Crippen molar-refractivity contribution in [2.45, 2.75) is 12.8 Å². The molecule has 1 aromatic heterocycles. The molecule has 0 aliphatic heterocycles. The number of hydrogen-bond acceptors (Lipinski definition) is 4. The van der Waals surface area contributed by atoms with Gasteiger partial charge in [0.05, 0.1) is 0 Å². The summed E-state index contributed by atoms with van der Waals surface area (Å²) in [6, 6.07) is 0. The van der Waals surface area contributed by atoms with Crippen LogP contribution < -0.4 is 4.90 Å². The van der Waals surface area contributed by atoms with E-state index in [4.69, 9.17) is 5.11 Å². The minimum absolute atomic E-state index is 0.218. The summed E-state index contributed by atoms with van der Waals surface area (Å²) in [6.45, 7) is 0.736. The van der Waals surface area contributed by atoms with Crippen LogP contribution in [-0.2, 0) is 4.79 Å². The topological polar surface area (TPSA) is 53.4 Å². The van der Waals surface area contributed by atoms with E-state index in [1.54, 1.807) is 17.5 Å². The molecule has 0 saturated carbocycles. The van der Waals surface area contributed by atoms with E-state index in [0.717, 1.165) is 11.7 Å². The van der Waals surface area contributed by atoms with Crippen molar-refractivity contribution in [2.24, 2.45) is 0 Å². The first-order chi connectivity index (χ1) is 6.20. The summed E-state index contributed by atoms with van der Waals surface area (Å²) in [5.41, 5.74) is 0. The third-order valence-corrected chi connectivity index (χ3v) is 2.52. The fourth-order valence-electron chi connectivity index (χ4n) is 0.968. The van der Waals surface area contributed by atoms with Crippen molar-refractivity contribution < 1.29 is 9.90 Å². The highest BCUT2D eigenvalue weighted by molar-refractivity contribution is 7.13. The highest BCUT2D eigenvalue weighted by Gasteiger charge is 2.03. The molecule has 0 spiro atoms. The lowest BCUT2D eigenvalue weighted by molar-refractivity contribution is -0.137. The molecule has 1 rings (SSSR count). The fourth-order valence-corrected chi connectivity index (χ4v) is 1.60. The van der Waals surface area contributed by atoms with Gasteiger partial charge >= 0.3 is 5.97 Å². The Labute approximate surface area is 80.8 Å². The van der Waals surface area contributed by atoms with Gasteiger partial charge in [-0.15, -0.1) is 11.3 Å². The number of hydrogen-bond donors (Lipinski definition) is 1. The predicted octanol–water partition coefficient (Wildman–Crippen LogP) is 1.44. The van der Waals surface area contributed by atoms with Crippen molar-refractivity contribution in [2.75, 3.05) is 18.5 Å². The zero-order valence-corrected chi connectivity index (χ0v) is 8.25. The van der Waals surface area contributed by atoms with Crippen LogP contribution in [0.4, 0.5) is 5.13 Å². The van der Waals surface area contributed by atoms with E-state index in [2.05, 4.69) is 4.98 Å². The number of carboxylic acid groups (broad SMARTS) is 1. The maximum absolute atomic E-state index is 10.2. The predicted molar refractivity (Wildman–Crippen MR) is 52.3 cm³/mol. The van der Waals surface area contributed by atoms with Crippen LogP contribution in [0.25, 0.3) is 0 Å². The first-order valence-electron chi connectivity index (χ1n) is 4.02. The SMILES string of the molecule is CN(CCCC(=O)O)c1nccs1. The van der Waals surface area contributed by atoms with E-state index >= 15 is 0 Å². The second kappa shape index (κ2) is 4.81. The Morgan fingerprint density at radius 3 is 3.08 bits per heavy atom. The molecule has 72 valence electrons. The van der Waals surface area contributed by atoms with Crippen LogP contribution in [-0.4, -0.2) is 29.7 Å². The van der Waals surface area contributed by atoms with Gasteiger partial charge in [-0.25, -0.2) is 4.98 Å². The van der Waals surface area contributed by atoms with Crippen molar-refractivity contribution in [3.8, 4) is 0 Å². The molecule has 0 bridgehead atoms. The summed E-state index contributed by atoms with van der Waals surface area (Å²) in [5.74, 6) is -0.743. The number of anilines is 1. The molecule has 0 aliphatic carbocycles. The molecule has 0 atom stereocenters. The molecule has 0 unspecified atom stereocenters. The molecule has 0 fully saturated rings. The van der Waals surface area contributed by atoms with Crippen LogP contribution in [0.3, 0.4) is 0 Å². The van der Waals surface area contributed by atoms with Gasteiger partial charge in [0, 0.05) is 31.6 Å². The smallest absolute Gasteiger partial charge is 0.303 e. The van der Waals surface area contributed by atoms with Gasteiger partial charge in [0.2, 0.25) is 0 Å². The monoisotopic (exact) mass is 200 g/mol. The molecule has 0 amide bonds. The Kier molecular flexibility index (Phi) is 3.70. The zero-order valence-electron chi connectivity index (χ0n) is 7.43. The van der Waals surface area contributed by atoms with Gasteiger partial charge in [0.1, 0.15) is 0 Å². The molecule has 0 aliphatic rings. The number of nitrogens with zero attached hydrogens (tertiary/aromatic N) is 2. The van der Waals surface area contributed by atoms with Crippen LogP contribution in [0, 0.1) is 0 Å². The summed E-state index contributed by atoms with van der Waals surface area (Å²) < 4.78 is 0. The summed E-state index contributed by atoms with van der Waals surface area (Å²) in [4.78, 5) is 16.3. The summed E-state index contributed by atoms with van der Waals surface area (Å²) >= 11 is 1.56. The van der Waals surface area contributed by atoms with Gasteiger partial charge < -0.3 is 10.0 Å². The van der Waals surface area contributed by atoms with Gasteiger partial charge in [-0.2, -0.15) is 0 Å². The quantitative estimate of drug-likeness (QED) is 0.781. The van der Waals surface area contributed by atoms with Gasteiger partial charge in [-0.3, -0.25) is 4.79 Å². The number of carbonyl (C=O) groups is 1. The van der Waals surface area contributed by atoms with E-state index in [-0.39, 0.29) is 6.42 Å². The molecule has 13 heavy (non-hydrogen) atoms. The van der Waals surface area contributed by atoms with Crippen LogP contribution >= 0.6 is 11.3 Å². The first kappa shape index (κ1) is 9.98. The Morgan fingerprint density at radius 1 is 1.77 bits per heavy atom. The minimum atomic E-state index is -0.743. The Morgan fingerprint density at radius 2 is 2.54 bits per heavy atom. The first-order valence-corrected chi connectivity index (χ1v) is 4.90. The van der Waals surface area contributed by atoms with Crippen LogP contribution in [0.2, 0.25) is 0 Å². The lowest BCUT2D eigenvalue weighted by Crippen LogP contribution is -2.18. The fraction of sp³-hybridized carbons (Fsp3) is 0.500. The van der Waals surface area contributed by atoms with Gasteiger partial charge in [-0.1, -0.05) is 0 Å². The van der Waals surface area contributed by atoms with E-state index in [9.17, 15) is 4.79 Å². The summed E-state index contributed by atoms with van der Waals surface area (Å²) in [6.07, 6.45) is 2.62.